The zero-order chi connectivity index (χ0) is 22.5. The summed E-state index contributed by atoms with van der Waals surface area (Å²) in [6, 6.07) is 0. The first-order chi connectivity index (χ1) is 13.4. The van der Waals surface area contributed by atoms with Gasteiger partial charge in [0.1, 0.15) is 12.1 Å². The van der Waals surface area contributed by atoms with E-state index in [0.29, 0.717) is 11.3 Å². The van der Waals surface area contributed by atoms with Gasteiger partial charge >= 0.3 is 5.97 Å². The second kappa shape index (κ2) is 15.7. The molecule has 0 spiro atoms. The van der Waals surface area contributed by atoms with Gasteiger partial charge in [0, 0.05) is 17.5 Å². The Kier molecular flexibility index (Phi) is 12.8. The molecule has 6 nitrogen and oxygen atoms in total. The van der Waals surface area contributed by atoms with Crippen LogP contribution >= 0.6 is 12.4 Å². The number of nitrogens with one attached hydrogen (secondary N) is 2. The normalized spacial score (nSPS) is 12.8. The molecule has 0 saturated carbocycles. The minimum Gasteiger partial charge on any atom is -0.459 e. The topological polar surface area (TPSA) is 82.5 Å². The van der Waals surface area contributed by atoms with Crippen LogP contribution in [0.4, 0.5) is 0 Å². The molecular weight excluding hydrogens is 366 g/mol. The van der Waals surface area contributed by atoms with Gasteiger partial charge in [-0.3, -0.25) is 20.3 Å². The van der Waals surface area contributed by atoms with Crippen molar-refractivity contribution in [3.8, 4) is 0 Å². The minimum atomic E-state index is -2.74. The fourth-order valence-electron chi connectivity index (χ4n) is 2.44. The number of unbranched alkanes of at least 4 members (excludes halogenated alkanes) is 8. The van der Waals surface area contributed by atoms with Gasteiger partial charge in [0.15, 0.2) is 5.96 Å². The van der Waals surface area contributed by atoms with Gasteiger partial charge < -0.3 is 9.64 Å². The van der Waals surface area contributed by atoms with Crippen LogP contribution in [0.2, 0.25) is 0 Å². The van der Waals surface area contributed by atoms with Crippen molar-refractivity contribution in [2.75, 3.05) is 13.5 Å². The Balaban J connectivity index is 0. The molecule has 0 fully saturated rings. The van der Waals surface area contributed by atoms with Gasteiger partial charge in [-0.05, 0) is 27.2 Å². The third kappa shape index (κ3) is 17.9. The smallest absolute Gasteiger partial charge is 0.326 e. The Morgan fingerprint density at radius 2 is 1.56 bits per heavy atom. The third-order valence-electron chi connectivity index (χ3n) is 3.74. The van der Waals surface area contributed by atoms with Crippen LogP contribution in [-0.2, 0) is 14.3 Å². The molecule has 0 aliphatic heterocycles. The van der Waals surface area contributed by atoms with Crippen LogP contribution in [0.3, 0.4) is 0 Å². The van der Waals surface area contributed by atoms with Gasteiger partial charge in [-0.25, -0.2) is 0 Å². The van der Waals surface area contributed by atoms with E-state index in [0.717, 1.165) is 19.3 Å². The number of halogens is 1. The predicted molar refractivity (Wildman–Crippen MR) is 113 cm³/mol. The molecule has 0 unspecified atom stereocenters. The Hall–Kier alpha value is -1.30. The molecule has 0 aliphatic rings. The summed E-state index contributed by atoms with van der Waals surface area (Å²) in [5.41, 5.74) is -0.765. The Morgan fingerprint density at radius 3 is 2.04 bits per heavy atom. The molecule has 0 saturated heterocycles. The second-order valence-electron chi connectivity index (χ2n) is 7.65. The van der Waals surface area contributed by atoms with Gasteiger partial charge in [-0.2, -0.15) is 0 Å². The van der Waals surface area contributed by atoms with Crippen molar-refractivity contribution in [2.45, 2.75) is 97.5 Å². The van der Waals surface area contributed by atoms with E-state index in [1.54, 1.807) is 20.8 Å². The molecule has 0 heterocycles. The number of esters is 1. The quantitative estimate of drug-likeness (QED) is 0.213. The number of rotatable bonds is 12. The molecule has 7 heteroatoms. The monoisotopic (exact) mass is 408 g/mol. The summed E-state index contributed by atoms with van der Waals surface area (Å²) in [7, 11) is 0. The fourth-order valence-corrected chi connectivity index (χ4v) is 2.44. The third-order valence-corrected chi connectivity index (χ3v) is 3.74. The van der Waals surface area contributed by atoms with E-state index in [-0.39, 0.29) is 18.8 Å². The van der Waals surface area contributed by atoms with E-state index in [1.807, 2.05) is 0 Å². The number of hydrogen-bond donors (Lipinski definition) is 2. The molecule has 1 amide bonds. The SMILES string of the molecule is Cl.[2H]C([2H])([2H])N(CC(=O)OC(C)(C)C)C(=N)NC(=O)CCCCCCCCCCC. The highest BCUT2D eigenvalue weighted by Crippen LogP contribution is 2.10. The van der Waals surface area contributed by atoms with Crippen LogP contribution in [-0.4, -0.2) is 41.9 Å². The number of guanidine groups is 1. The zero-order valence-electron chi connectivity index (χ0n) is 20.4. The summed E-state index contributed by atoms with van der Waals surface area (Å²) in [6.07, 6.45) is 10.3. The minimum absolute atomic E-state index is 0. The summed E-state index contributed by atoms with van der Waals surface area (Å²) in [5.74, 6) is -1.81. The van der Waals surface area contributed by atoms with Crippen molar-refractivity contribution in [3.05, 3.63) is 0 Å². The van der Waals surface area contributed by atoms with Gasteiger partial charge in [-0.15, -0.1) is 12.4 Å². The van der Waals surface area contributed by atoms with E-state index < -0.39 is 37.0 Å². The van der Waals surface area contributed by atoms with Crippen LogP contribution in [0.5, 0.6) is 0 Å². The first-order valence-corrected chi connectivity index (χ1v) is 9.74. The van der Waals surface area contributed by atoms with Crippen molar-refractivity contribution in [1.82, 2.24) is 10.2 Å². The van der Waals surface area contributed by atoms with E-state index in [2.05, 4.69) is 12.2 Å². The molecule has 2 N–H and O–H groups in total. The van der Waals surface area contributed by atoms with Crippen molar-refractivity contribution in [1.29, 1.82) is 5.41 Å². The lowest BCUT2D eigenvalue weighted by Crippen LogP contribution is -2.44. The Bertz CT molecular complexity index is 524. The van der Waals surface area contributed by atoms with Crippen molar-refractivity contribution >= 4 is 30.2 Å². The summed E-state index contributed by atoms with van der Waals surface area (Å²) in [6.45, 7) is 3.83. The number of carbonyl (C=O) groups excluding carboxylic acids is 2. The van der Waals surface area contributed by atoms with E-state index >= 15 is 0 Å². The molecule has 0 rings (SSSR count). The fraction of sp³-hybridized carbons (Fsp3) is 0.850. The average molecular weight is 409 g/mol. The number of likely N-dealkylation sites (N-methyl/N-ethyl adjacent to an activating group) is 1. The van der Waals surface area contributed by atoms with Gasteiger partial charge in [0.05, 0.1) is 0 Å². The van der Waals surface area contributed by atoms with Crippen molar-refractivity contribution < 1.29 is 18.4 Å². The van der Waals surface area contributed by atoms with Crippen LogP contribution in [0, 0.1) is 5.41 Å². The molecular formula is C20H40ClN3O3. The number of nitrogens with zero attached hydrogens (tertiary/aromatic N) is 1. The van der Waals surface area contributed by atoms with Gasteiger partial charge in [0.25, 0.3) is 0 Å². The van der Waals surface area contributed by atoms with E-state index in [9.17, 15) is 9.59 Å². The molecule has 0 radical (unpaired) electrons. The second-order valence-corrected chi connectivity index (χ2v) is 7.65. The predicted octanol–water partition coefficient (Wildman–Crippen LogP) is 4.65. The van der Waals surface area contributed by atoms with E-state index in [4.69, 9.17) is 14.3 Å². The molecule has 0 bridgehead atoms. The van der Waals surface area contributed by atoms with Crippen LogP contribution in [0.15, 0.2) is 0 Å². The molecule has 27 heavy (non-hydrogen) atoms. The first kappa shape index (κ1) is 22.0. The van der Waals surface area contributed by atoms with E-state index in [1.165, 1.54) is 32.1 Å². The number of hydrogen-bond acceptors (Lipinski definition) is 4. The maximum absolute atomic E-state index is 12.0. The average Bonchev–Trinajstić information content (AvgIpc) is 2.55. The highest BCUT2D eigenvalue weighted by molar-refractivity contribution is 5.96. The molecule has 0 aromatic carbocycles. The molecule has 0 aromatic heterocycles. The highest BCUT2D eigenvalue weighted by atomic mass is 35.5. The van der Waals surface area contributed by atoms with Crippen LogP contribution < -0.4 is 5.32 Å². The first-order valence-electron chi connectivity index (χ1n) is 11.2. The lowest BCUT2D eigenvalue weighted by Gasteiger charge is -2.23. The summed E-state index contributed by atoms with van der Waals surface area (Å²) < 4.78 is 27.7. The lowest BCUT2D eigenvalue weighted by atomic mass is 10.1. The van der Waals surface area contributed by atoms with Gasteiger partial charge in [0.2, 0.25) is 5.91 Å². The maximum Gasteiger partial charge on any atom is 0.326 e. The summed E-state index contributed by atoms with van der Waals surface area (Å²) in [5, 5.41) is 10.2. The lowest BCUT2D eigenvalue weighted by molar-refractivity contribution is -0.155. The van der Waals surface area contributed by atoms with Crippen LogP contribution in [0.25, 0.3) is 0 Å². The zero-order valence-corrected chi connectivity index (χ0v) is 18.2. The standard InChI is InChI=1S/C20H39N3O3.ClH/c1-6-7-8-9-10-11-12-13-14-15-17(24)22-19(21)23(5)16-18(25)26-20(2,3)4;/h6-16H2,1-5H3,(H2,21,22,24);1H/i5D3;. The van der Waals surface area contributed by atoms with Crippen molar-refractivity contribution in [2.24, 2.45) is 0 Å². The Labute approximate surface area is 175 Å². The maximum atomic E-state index is 12.0. The molecule has 0 aromatic rings. The summed E-state index contributed by atoms with van der Waals surface area (Å²) >= 11 is 0. The summed E-state index contributed by atoms with van der Waals surface area (Å²) in [4.78, 5) is 24.5. The van der Waals surface area contributed by atoms with Crippen LogP contribution in [0.1, 0.15) is 96.0 Å². The van der Waals surface area contributed by atoms with Crippen molar-refractivity contribution in [3.63, 3.8) is 0 Å². The highest BCUT2D eigenvalue weighted by Gasteiger charge is 2.19. The molecule has 0 atom stereocenters. The number of amides is 1. The molecule has 0 aliphatic carbocycles. The number of carbonyl (C=O) groups is 2. The van der Waals surface area contributed by atoms with Gasteiger partial charge in [-0.1, -0.05) is 58.3 Å². The Morgan fingerprint density at radius 1 is 1.04 bits per heavy atom. The molecule has 160 valence electrons. The largest absolute Gasteiger partial charge is 0.459 e. The number of ether oxygens (including phenoxy) is 1.